The molecule has 0 aliphatic heterocycles. The molecule has 6 nitrogen and oxygen atoms in total. The third kappa shape index (κ3) is 5.71. The summed E-state index contributed by atoms with van der Waals surface area (Å²) in [4.78, 5) is 32.2. The fraction of sp³-hybridized carbons (Fsp3) is 0. The summed E-state index contributed by atoms with van der Waals surface area (Å²) < 4.78 is 14.7. The van der Waals surface area contributed by atoms with Gasteiger partial charge in [0.15, 0.2) is 0 Å². The van der Waals surface area contributed by atoms with E-state index >= 15 is 0 Å². The predicted molar refractivity (Wildman–Crippen MR) is 127 cm³/mol. The molecule has 0 amide bonds. The molecule has 0 atom stereocenters. The standard InChI is InChI=1S/3C9H6O2/c3*10-9-6-5-7-3-1-2-4-8(7)11-9/h3*1-6H. The van der Waals surface area contributed by atoms with Gasteiger partial charge in [0.2, 0.25) is 0 Å². The fourth-order valence-corrected chi connectivity index (χ4v) is 3.03. The van der Waals surface area contributed by atoms with E-state index in [4.69, 9.17) is 13.3 Å². The molecule has 33 heavy (non-hydrogen) atoms. The normalized spacial score (nSPS) is 10.2. The number of hydrogen-bond donors (Lipinski definition) is 0. The summed E-state index contributed by atoms with van der Waals surface area (Å²) in [5.41, 5.74) is 1.01. The van der Waals surface area contributed by atoms with E-state index in [1.54, 1.807) is 36.4 Å². The summed E-state index contributed by atoms with van der Waals surface area (Å²) in [6, 6.07) is 31.8. The predicted octanol–water partition coefficient (Wildman–Crippen LogP) is 5.38. The van der Waals surface area contributed by atoms with Crippen molar-refractivity contribution < 1.29 is 13.3 Å². The van der Waals surface area contributed by atoms with Crippen LogP contribution in [0, 0.1) is 0 Å². The summed E-state index contributed by atoms with van der Waals surface area (Å²) in [5.74, 6) is 0. The molecule has 0 aliphatic rings. The van der Waals surface area contributed by atoms with Crippen LogP contribution in [0.2, 0.25) is 0 Å². The molecule has 6 aromatic rings. The summed E-state index contributed by atoms with van der Waals surface area (Å²) in [6.45, 7) is 0. The lowest BCUT2D eigenvalue weighted by Gasteiger charge is -1.91. The van der Waals surface area contributed by atoms with Crippen LogP contribution in [-0.2, 0) is 0 Å². The molecule has 0 spiro atoms. The van der Waals surface area contributed by atoms with Crippen molar-refractivity contribution in [3.05, 3.63) is 140 Å². The van der Waals surface area contributed by atoms with Crippen LogP contribution in [0.4, 0.5) is 0 Å². The van der Waals surface area contributed by atoms with Crippen molar-refractivity contribution in [3.8, 4) is 0 Å². The number of fused-ring (bicyclic) bond motifs is 3. The van der Waals surface area contributed by atoms with Crippen LogP contribution in [0.15, 0.2) is 137 Å². The van der Waals surface area contributed by atoms with Gasteiger partial charge >= 0.3 is 16.9 Å². The number of benzene rings is 3. The minimum Gasteiger partial charge on any atom is -0.423 e. The molecular weight excluding hydrogens is 420 g/mol. The average molecular weight is 438 g/mol. The Hall–Kier alpha value is -4.71. The number of hydrogen-bond acceptors (Lipinski definition) is 6. The van der Waals surface area contributed by atoms with Gasteiger partial charge in [-0.05, 0) is 36.4 Å². The van der Waals surface area contributed by atoms with Gasteiger partial charge in [0, 0.05) is 34.4 Å². The van der Waals surface area contributed by atoms with Crippen molar-refractivity contribution in [2.24, 2.45) is 0 Å². The maximum absolute atomic E-state index is 10.7. The van der Waals surface area contributed by atoms with Crippen LogP contribution < -0.4 is 16.9 Å². The quantitative estimate of drug-likeness (QED) is 0.296. The fourth-order valence-electron chi connectivity index (χ4n) is 3.03. The van der Waals surface area contributed by atoms with E-state index in [2.05, 4.69) is 0 Å². The van der Waals surface area contributed by atoms with E-state index in [1.807, 2.05) is 54.6 Å². The molecule has 0 N–H and O–H groups in total. The van der Waals surface area contributed by atoms with E-state index in [-0.39, 0.29) is 16.9 Å². The van der Waals surface area contributed by atoms with Gasteiger partial charge in [-0.1, -0.05) is 54.6 Å². The minimum atomic E-state index is -0.302. The molecule has 0 saturated heterocycles. The number of rotatable bonds is 0. The third-order valence-electron chi connectivity index (χ3n) is 4.59. The second-order valence-corrected chi connectivity index (χ2v) is 6.88. The summed E-state index contributed by atoms with van der Waals surface area (Å²) >= 11 is 0. The molecule has 6 heteroatoms. The summed E-state index contributed by atoms with van der Waals surface area (Å²) in [5, 5.41) is 2.85. The first kappa shape index (κ1) is 21.5. The zero-order chi connectivity index (χ0) is 23.0. The minimum absolute atomic E-state index is 0.302. The topological polar surface area (TPSA) is 90.6 Å². The zero-order valence-electron chi connectivity index (χ0n) is 17.3. The first-order chi connectivity index (χ1) is 16.1. The van der Waals surface area contributed by atoms with Gasteiger partial charge in [-0.25, -0.2) is 14.4 Å². The van der Waals surface area contributed by atoms with E-state index in [1.165, 1.54) is 18.2 Å². The highest BCUT2D eigenvalue weighted by Gasteiger charge is 1.94. The molecule has 0 unspecified atom stereocenters. The highest BCUT2D eigenvalue weighted by atomic mass is 16.4. The SMILES string of the molecule is O=c1ccc2ccccc2o1.O=c1ccc2ccccc2o1.O=c1ccc2ccccc2o1. The first-order valence-corrected chi connectivity index (χ1v) is 10.1. The van der Waals surface area contributed by atoms with Gasteiger partial charge in [-0.15, -0.1) is 0 Å². The highest BCUT2D eigenvalue weighted by Crippen LogP contribution is 2.10. The van der Waals surface area contributed by atoms with Gasteiger partial charge in [-0.3, -0.25) is 0 Å². The van der Waals surface area contributed by atoms with Crippen molar-refractivity contribution in [2.75, 3.05) is 0 Å². The third-order valence-corrected chi connectivity index (χ3v) is 4.59. The molecule has 0 fully saturated rings. The Kier molecular flexibility index (Phi) is 6.56. The molecular formula is C27H18O6. The Morgan fingerprint density at radius 2 is 0.606 bits per heavy atom. The zero-order valence-corrected chi connectivity index (χ0v) is 17.3. The Morgan fingerprint density at radius 3 is 0.909 bits per heavy atom. The maximum Gasteiger partial charge on any atom is 0.336 e. The Balaban J connectivity index is 0.000000118. The van der Waals surface area contributed by atoms with Gasteiger partial charge in [0.25, 0.3) is 0 Å². The van der Waals surface area contributed by atoms with Crippen LogP contribution in [-0.4, -0.2) is 0 Å². The van der Waals surface area contributed by atoms with Gasteiger partial charge in [0.05, 0.1) is 0 Å². The van der Waals surface area contributed by atoms with Crippen molar-refractivity contribution in [2.45, 2.75) is 0 Å². The summed E-state index contributed by atoms with van der Waals surface area (Å²) in [7, 11) is 0. The Morgan fingerprint density at radius 1 is 0.333 bits per heavy atom. The van der Waals surface area contributed by atoms with Crippen LogP contribution >= 0.6 is 0 Å². The van der Waals surface area contributed by atoms with Crippen LogP contribution in [0.1, 0.15) is 0 Å². The highest BCUT2D eigenvalue weighted by molar-refractivity contribution is 5.77. The number of para-hydroxylation sites is 3. The van der Waals surface area contributed by atoms with E-state index in [9.17, 15) is 14.4 Å². The van der Waals surface area contributed by atoms with E-state index in [0.29, 0.717) is 16.7 Å². The van der Waals surface area contributed by atoms with Crippen molar-refractivity contribution in [3.63, 3.8) is 0 Å². The van der Waals surface area contributed by atoms with Crippen molar-refractivity contribution >= 4 is 32.9 Å². The molecule has 3 heterocycles. The van der Waals surface area contributed by atoms with E-state index in [0.717, 1.165) is 16.2 Å². The van der Waals surface area contributed by atoms with Gasteiger partial charge in [-0.2, -0.15) is 0 Å². The molecule has 0 aliphatic carbocycles. The molecule has 6 rings (SSSR count). The molecule has 0 bridgehead atoms. The molecule has 162 valence electrons. The van der Waals surface area contributed by atoms with Crippen LogP contribution in [0.3, 0.4) is 0 Å². The van der Waals surface area contributed by atoms with Gasteiger partial charge < -0.3 is 13.3 Å². The molecule has 3 aromatic heterocycles. The van der Waals surface area contributed by atoms with Crippen LogP contribution in [0.25, 0.3) is 32.9 Å². The Bertz CT molecular complexity index is 1490. The lowest BCUT2D eigenvalue weighted by atomic mass is 10.2. The van der Waals surface area contributed by atoms with Crippen molar-refractivity contribution in [1.29, 1.82) is 0 Å². The smallest absolute Gasteiger partial charge is 0.336 e. The lowest BCUT2D eigenvalue weighted by molar-refractivity contribution is 0.560. The van der Waals surface area contributed by atoms with Gasteiger partial charge in [0.1, 0.15) is 16.7 Å². The monoisotopic (exact) mass is 438 g/mol. The maximum atomic E-state index is 10.7. The second kappa shape index (κ2) is 10.1. The second-order valence-electron chi connectivity index (χ2n) is 6.88. The average Bonchev–Trinajstić information content (AvgIpc) is 2.84. The first-order valence-electron chi connectivity index (χ1n) is 10.1. The Labute approximate surface area is 187 Å². The lowest BCUT2D eigenvalue weighted by Crippen LogP contribution is -1.93. The summed E-state index contributed by atoms with van der Waals surface area (Å²) in [6.07, 6.45) is 0. The van der Waals surface area contributed by atoms with Crippen LogP contribution in [0.5, 0.6) is 0 Å². The van der Waals surface area contributed by atoms with Crippen molar-refractivity contribution in [1.82, 2.24) is 0 Å². The molecule has 0 saturated carbocycles. The largest absolute Gasteiger partial charge is 0.423 e. The molecule has 3 aromatic carbocycles. The van der Waals surface area contributed by atoms with E-state index < -0.39 is 0 Å². The molecule has 0 radical (unpaired) electrons.